The minimum Gasteiger partial charge on any atom is -0.445 e. The number of amides is 2. The number of nitrogens with one attached hydrogen (secondary N) is 2. The Balaban J connectivity index is 1.64. The first-order valence-electron chi connectivity index (χ1n) is 12.7. The molecule has 39 heavy (non-hydrogen) atoms. The van der Waals surface area contributed by atoms with Gasteiger partial charge in [0.15, 0.2) is 6.23 Å². The van der Waals surface area contributed by atoms with Gasteiger partial charge in [-0.15, -0.1) is 0 Å². The monoisotopic (exact) mass is 546 g/mol. The van der Waals surface area contributed by atoms with Crippen LogP contribution in [0.4, 0.5) is 10.6 Å². The summed E-state index contributed by atoms with van der Waals surface area (Å²) >= 11 is 0. The molecule has 0 radical (unpaired) electrons. The highest BCUT2D eigenvalue weighted by molar-refractivity contribution is 5.95. The van der Waals surface area contributed by atoms with E-state index in [1.807, 2.05) is 6.07 Å². The number of aliphatic hydroxyl groups excluding tert-OH is 3. The maximum atomic E-state index is 13.0. The highest BCUT2D eigenvalue weighted by atomic mass is 16.6. The van der Waals surface area contributed by atoms with Crippen LogP contribution in [0.3, 0.4) is 0 Å². The molecule has 2 amide bonds. The molecule has 1 aromatic carbocycles. The van der Waals surface area contributed by atoms with Gasteiger partial charge >= 0.3 is 11.8 Å². The van der Waals surface area contributed by atoms with E-state index in [9.17, 15) is 34.5 Å². The third-order valence-corrected chi connectivity index (χ3v) is 6.22. The van der Waals surface area contributed by atoms with E-state index in [-0.39, 0.29) is 24.6 Å². The van der Waals surface area contributed by atoms with Crippen LogP contribution in [-0.4, -0.2) is 73.6 Å². The molecular formula is C26H34N4O9. The number of nitrogens with zero attached hydrogens (tertiary/aromatic N) is 2. The van der Waals surface area contributed by atoms with Crippen molar-refractivity contribution < 1.29 is 39.2 Å². The van der Waals surface area contributed by atoms with Gasteiger partial charge in [-0.1, -0.05) is 43.2 Å². The molecule has 5 N–H and O–H groups in total. The second-order valence-corrected chi connectivity index (χ2v) is 9.28. The van der Waals surface area contributed by atoms with Gasteiger partial charge in [0.25, 0.3) is 0 Å². The standard InChI is InChI=1S/C26H34N4O9/c1-16(32)8-4-2-7-11-18(27-26(37)38-15-17-9-5-3-6-10-17)23(35)28-20-12-13-30(25(36)29-20)24-22(34)21(33)19(14-31)39-24/h3,5-6,9-10,12-13,18-19,21-22,24,31,33-34H,2,4,7-8,11,14-15H2,1H3,(H,27,37)(H,28,29,35,36)/t18?,19-,21+,22?,24-/m1/s1. The Hall–Kier alpha value is -3.65. The number of Topliss-reactive ketones (excluding diaryl/α,β-unsaturated/α-hetero) is 1. The van der Waals surface area contributed by atoms with E-state index in [2.05, 4.69) is 15.6 Å². The number of rotatable bonds is 13. The summed E-state index contributed by atoms with van der Waals surface area (Å²) in [6.07, 6.45) is -2.22. The number of alkyl carbamates (subject to hydrolysis) is 1. The summed E-state index contributed by atoms with van der Waals surface area (Å²) in [6, 6.07) is 9.33. The molecule has 1 aromatic heterocycles. The molecule has 212 valence electrons. The van der Waals surface area contributed by atoms with Gasteiger partial charge in [0.05, 0.1) is 6.61 Å². The lowest BCUT2D eigenvalue weighted by Gasteiger charge is -2.19. The normalized spacial score (nSPS) is 21.2. The zero-order valence-corrected chi connectivity index (χ0v) is 21.6. The molecule has 5 atom stereocenters. The van der Waals surface area contributed by atoms with Gasteiger partial charge < -0.3 is 40.2 Å². The molecule has 1 aliphatic rings. The lowest BCUT2D eigenvalue weighted by molar-refractivity contribution is -0.118. The first-order chi connectivity index (χ1) is 18.7. The van der Waals surface area contributed by atoms with Crippen molar-refractivity contribution in [3.8, 4) is 0 Å². The lowest BCUT2D eigenvalue weighted by Crippen LogP contribution is -2.44. The van der Waals surface area contributed by atoms with E-state index in [4.69, 9.17) is 9.47 Å². The molecule has 1 saturated heterocycles. The van der Waals surface area contributed by atoms with Crippen LogP contribution in [-0.2, 0) is 25.7 Å². The van der Waals surface area contributed by atoms with Gasteiger partial charge in [0.1, 0.15) is 42.6 Å². The van der Waals surface area contributed by atoms with Crippen molar-refractivity contribution in [2.75, 3.05) is 11.9 Å². The Morgan fingerprint density at radius 3 is 2.49 bits per heavy atom. The Bertz CT molecular complexity index is 1170. The molecule has 2 heterocycles. The number of carbonyl (C=O) groups is 3. The number of hydrogen-bond donors (Lipinski definition) is 5. The highest BCUT2D eigenvalue weighted by Gasteiger charge is 2.43. The minimum atomic E-state index is -1.47. The fourth-order valence-corrected chi connectivity index (χ4v) is 4.07. The lowest BCUT2D eigenvalue weighted by atomic mass is 10.1. The Morgan fingerprint density at radius 2 is 1.85 bits per heavy atom. The van der Waals surface area contributed by atoms with Crippen LogP contribution in [0.25, 0.3) is 0 Å². The minimum absolute atomic E-state index is 0.0142. The molecule has 13 nitrogen and oxygen atoms in total. The van der Waals surface area contributed by atoms with Gasteiger partial charge in [0.2, 0.25) is 5.91 Å². The van der Waals surface area contributed by atoms with Crippen molar-refractivity contribution >= 4 is 23.6 Å². The summed E-state index contributed by atoms with van der Waals surface area (Å²) in [4.78, 5) is 53.0. The second kappa shape index (κ2) is 14.5. The maximum Gasteiger partial charge on any atom is 0.408 e. The van der Waals surface area contributed by atoms with Crippen LogP contribution < -0.4 is 16.3 Å². The largest absolute Gasteiger partial charge is 0.445 e. The van der Waals surface area contributed by atoms with E-state index < -0.39 is 54.9 Å². The van der Waals surface area contributed by atoms with Crippen LogP contribution in [0.1, 0.15) is 50.8 Å². The van der Waals surface area contributed by atoms with Gasteiger partial charge in [-0.3, -0.25) is 9.36 Å². The van der Waals surface area contributed by atoms with Crippen LogP contribution in [0.15, 0.2) is 47.4 Å². The summed E-state index contributed by atoms with van der Waals surface area (Å²) in [5.74, 6) is -0.658. The van der Waals surface area contributed by atoms with Gasteiger partial charge in [-0.2, -0.15) is 4.98 Å². The molecule has 1 aliphatic heterocycles. The molecule has 2 aromatic rings. The number of unbranched alkanes of at least 4 members (excludes halogenated alkanes) is 2. The quantitative estimate of drug-likeness (QED) is 0.223. The van der Waals surface area contributed by atoms with Crippen LogP contribution in [0.2, 0.25) is 0 Å². The smallest absolute Gasteiger partial charge is 0.408 e. The number of ether oxygens (including phenoxy) is 2. The Labute approximate surface area is 224 Å². The summed E-state index contributed by atoms with van der Waals surface area (Å²) in [5, 5.41) is 34.4. The SMILES string of the molecule is CC(=O)CCCCCC(NC(=O)OCc1ccccc1)C(=O)Nc1ccn([C@@H]2O[C@H](CO)[C@H](O)C2O)c(=O)n1. The van der Waals surface area contributed by atoms with Gasteiger partial charge in [0, 0.05) is 12.6 Å². The van der Waals surface area contributed by atoms with Crippen LogP contribution in [0.5, 0.6) is 0 Å². The number of anilines is 1. The number of aliphatic hydroxyl groups is 3. The third kappa shape index (κ3) is 8.68. The molecule has 1 fully saturated rings. The predicted molar refractivity (Wildman–Crippen MR) is 137 cm³/mol. The fraction of sp³-hybridized carbons (Fsp3) is 0.500. The molecule has 3 rings (SSSR count). The van der Waals surface area contributed by atoms with Gasteiger partial charge in [-0.25, -0.2) is 9.59 Å². The predicted octanol–water partition coefficient (Wildman–Crippen LogP) is 0.628. The first-order valence-corrected chi connectivity index (χ1v) is 12.7. The van der Waals surface area contributed by atoms with E-state index in [0.29, 0.717) is 25.7 Å². The van der Waals surface area contributed by atoms with Crippen LogP contribution >= 0.6 is 0 Å². The van der Waals surface area contributed by atoms with Crippen LogP contribution in [0, 0.1) is 0 Å². The molecular weight excluding hydrogens is 512 g/mol. The van der Waals surface area contributed by atoms with Crippen molar-refractivity contribution in [1.82, 2.24) is 14.9 Å². The average molecular weight is 547 g/mol. The summed E-state index contributed by atoms with van der Waals surface area (Å²) in [6.45, 7) is 0.969. The number of ketones is 1. The van der Waals surface area contributed by atoms with Crippen molar-refractivity contribution in [3.05, 3.63) is 58.6 Å². The molecule has 0 aliphatic carbocycles. The van der Waals surface area contributed by atoms with Gasteiger partial charge in [-0.05, 0) is 31.4 Å². The number of aromatic nitrogens is 2. The Kier molecular flexibility index (Phi) is 11.1. The number of hydrogen-bond acceptors (Lipinski definition) is 10. The van der Waals surface area contributed by atoms with Crippen molar-refractivity contribution in [1.29, 1.82) is 0 Å². The summed E-state index contributed by atoms with van der Waals surface area (Å²) in [7, 11) is 0. The maximum absolute atomic E-state index is 13.0. The third-order valence-electron chi connectivity index (χ3n) is 6.22. The highest BCUT2D eigenvalue weighted by Crippen LogP contribution is 2.28. The molecule has 0 bridgehead atoms. The zero-order chi connectivity index (χ0) is 28.4. The number of carbonyl (C=O) groups excluding carboxylic acids is 3. The second-order valence-electron chi connectivity index (χ2n) is 9.28. The fourth-order valence-electron chi connectivity index (χ4n) is 4.07. The van der Waals surface area contributed by atoms with E-state index in [1.165, 1.54) is 19.2 Å². The number of benzene rings is 1. The summed E-state index contributed by atoms with van der Waals surface area (Å²) < 4.78 is 11.5. The Morgan fingerprint density at radius 1 is 1.10 bits per heavy atom. The van der Waals surface area contributed by atoms with E-state index in [0.717, 1.165) is 10.1 Å². The van der Waals surface area contributed by atoms with E-state index >= 15 is 0 Å². The van der Waals surface area contributed by atoms with Crippen molar-refractivity contribution in [3.63, 3.8) is 0 Å². The molecule has 0 saturated carbocycles. The molecule has 0 spiro atoms. The first kappa shape index (κ1) is 29.9. The van der Waals surface area contributed by atoms with Crippen molar-refractivity contribution in [2.24, 2.45) is 0 Å². The van der Waals surface area contributed by atoms with Crippen molar-refractivity contribution in [2.45, 2.75) is 76.2 Å². The summed E-state index contributed by atoms with van der Waals surface area (Å²) in [5.41, 5.74) is -0.101. The topological polar surface area (TPSA) is 189 Å². The molecule has 2 unspecified atom stereocenters. The zero-order valence-electron chi connectivity index (χ0n) is 21.6. The van der Waals surface area contributed by atoms with E-state index in [1.54, 1.807) is 24.3 Å². The average Bonchev–Trinajstić information content (AvgIpc) is 3.20. The molecule has 13 heteroatoms.